The number of carbonyl (C=O) groups excluding carboxylic acids is 2. The van der Waals surface area contributed by atoms with Gasteiger partial charge >= 0.3 is 0 Å². The molecule has 5 heteroatoms. The standard InChI is InChI=1S/C15H19NO4/c1-11(17)12(8-19-9-14-10-20-14)7-15(18)16-13-5-3-2-4-6-13/h2-6,12,14H,7-10H2,1H3,(H,16,18). The molecule has 0 bridgehead atoms. The molecule has 0 saturated carbocycles. The second-order valence-electron chi connectivity index (χ2n) is 4.92. The van der Waals surface area contributed by atoms with Crippen molar-refractivity contribution in [2.75, 3.05) is 25.1 Å². The lowest BCUT2D eigenvalue weighted by molar-refractivity contribution is -0.127. The van der Waals surface area contributed by atoms with Crippen molar-refractivity contribution in [1.29, 1.82) is 0 Å². The van der Waals surface area contributed by atoms with E-state index in [2.05, 4.69) is 5.32 Å². The van der Waals surface area contributed by atoms with Gasteiger partial charge in [-0.05, 0) is 19.1 Å². The lowest BCUT2D eigenvalue weighted by Crippen LogP contribution is -2.25. The number of anilines is 1. The molecule has 1 aliphatic rings. The van der Waals surface area contributed by atoms with Gasteiger partial charge in [-0.2, -0.15) is 0 Å². The summed E-state index contributed by atoms with van der Waals surface area (Å²) in [6, 6.07) is 9.18. The Kier molecular flexibility index (Phi) is 5.26. The summed E-state index contributed by atoms with van der Waals surface area (Å²) in [6.07, 6.45) is 0.302. The molecular weight excluding hydrogens is 258 g/mol. The van der Waals surface area contributed by atoms with E-state index in [9.17, 15) is 9.59 Å². The van der Waals surface area contributed by atoms with Gasteiger partial charge in [0.2, 0.25) is 5.91 Å². The zero-order valence-electron chi connectivity index (χ0n) is 11.5. The first-order valence-corrected chi connectivity index (χ1v) is 6.70. The number of para-hydroxylation sites is 1. The minimum absolute atomic E-state index is 0.0371. The summed E-state index contributed by atoms with van der Waals surface area (Å²) in [5, 5.41) is 2.77. The van der Waals surface area contributed by atoms with E-state index in [1.807, 2.05) is 30.3 Å². The van der Waals surface area contributed by atoms with Gasteiger partial charge in [0.15, 0.2) is 0 Å². The van der Waals surface area contributed by atoms with E-state index >= 15 is 0 Å². The van der Waals surface area contributed by atoms with Crippen molar-refractivity contribution < 1.29 is 19.1 Å². The molecule has 20 heavy (non-hydrogen) atoms. The molecule has 1 saturated heterocycles. The Labute approximate surface area is 118 Å². The monoisotopic (exact) mass is 277 g/mol. The number of rotatable bonds is 8. The highest BCUT2D eigenvalue weighted by molar-refractivity contribution is 5.94. The summed E-state index contributed by atoms with van der Waals surface area (Å²) in [4.78, 5) is 23.4. The summed E-state index contributed by atoms with van der Waals surface area (Å²) in [5.74, 6) is -0.620. The van der Waals surface area contributed by atoms with Crippen LogP contribution in [0.25, 0.3) is 0 Å². The third-order valence-corrected chi connectivity index (χ3v) is 3.09. The van der Waals surface area contributed by atoms with E-state index in [0.717, 1.165) is 12.3 Å². The van der Waals surface area contributed by atoms with E-state index in [1.54, 1.807) is 0 Å². The van der Waals surface area contributed by atoms with Gasteiger partial charge in [0.05, 0.1) is 19.8 Å². The van der Waals surface area contributed by atoms with Crippen molar-refractivity contribution in [3.8, 4) is 0 Å². The third-order valence-electron chi connectivity index (χ3n) is 3.09. The van der Waals surface area contributed by atoms with Gasteiger partial charge in [-0.3, -0.25) is 9.59 Å². The zero-order valence-corrected chi connectivity index (χ0v) is 11.5. The average molecular weight is 277 g/mol. The van der Waals surface area contributed by atoms with E-state index in [1.165, 1.54) is 6.92 Å². The fourth-order valence-electron chi connectivity index (χ4n) is 1.78. The molecule has 0 spiro atoms. The van der Waals surface area contributed by atoms with Gasteiger partial charge in [0.25, 0.3) is 0 Å². The summed E-state index contributed by atoms with van der Waals surface area (Å²) in [6.45, 7) is 2.96. The number of epoxide rings is 1. The number of hydrogen-bond donors (Lipinski definition) is 1. The molecule has 1 aliphatic heterocycles. The SMILES string of the molecule is CC(=O)C(COCC1CO1)CC(=O)Nc1ccccc1. The van der Waals surface area contributed by atoms with Crippen molar-refractivity contribution in [3.63, 3.8) is 0 Å². The zero-order chi connectivity index (χ0) is 14.4. The number of carbonyl (C=O) groups is 2. The van der Waals surface area contributed by atoms with Gasteiger partial charge in [-0.25, -0.2) is 0 Å². The number of nitrogens with one attached hydrogen (secondary N) is 1. The number of Topliss-reactive ketones (excluding diaryl/α,β-unsaturated/α-hetero) is 1. The van der Waals surface area contributed by atoms with Crippen LogP contribution in [0.5, 0.6) is 0 Å². The number of amides is 1. The highest BCUT2D eigenvalue weighted by Gasteiger charge is 2.24. The molecule has 108 valence electrons. The Morgan fingerprint density at radius 3 is 2.70 bits per heavy atom. The van der Waals surface area contributed by atoms with Crippen LogP contribution >= 0.6 is 0 Å². The van der Waals surface area contributed by atoms with Gasteiger partial charge in [0, 0.05) is 18.0 Å². The van der Waals surface area contributed by atoms with Crippen LogP contribution in [0.3, 0.4) is 0 Å². The number of ether oxygens (including phenoxy) is 2. The van der Waals surface area contributed by atoms with Crippen LogP contribution in [0.1, 0.15) is 13.3 Å². The molecule has 1 heterocycles. The first kappa shape index (κ1) is 14.7. The normalized spacial score (nSPS) is 18.4. The summed E-state index contributed by atoms with van der Waals surface area (Å²) >= 11 is 0. The minimum atomic E-state index is -0.405. The Hall–Kier alpha value is -1.72. The van der Waals surface area contributed by atoms with E-state index in [-0.39, 0.29) is 30.8 Å². The molecule has 1 fully saturated rings. The Bertz CT molecular complexity index is 456. The first-order chi connectivity index (χ1) is 9.65. The fraction of sp³-hybridized carbons (Fsp3) is 0.467. The maximum Gasteiger partial charge on any atom is 0.225 e. The Balaban J connectivity index is 1.77. The first-order valence-electron chi connectivity index (χ1n) is 6.70. The number of ketones is 1. The van der Waals surface area contributed by atoms with Crippen LogP contribution in [-0.4, -0.2) is 37.6 Å². The maximum atomic E-state index is 11.9. The lowest BCUT2D eigenvalue weighted by atomic mass is 10.0. The smallest absolute Gasteiger partial charge is 0.225 e. The molecule has 2 atom stereocenters. The molecule has 2 unspecified atom stereocenters. The lowest BCUT2D eigenvalue weighted by Gasteiger charge is -2.13. The second kappa shape index (κ2) is 7.17. The molecule has 1 amide bonds. The quantitative estimate of drug-likeness (QED) is 0.733. The van der Waals surface area contributed by atoms with Gasteiger partial charge in [-0.15, -0.1) is 0 Å². The van der Waals surface area contributed by atoms with Gasteiger partial charge < -0.3 is 14.8 Å². The van der Waals surface area contributed by atoms with Crippen LogP contribution in [0, 0.1) is 5.92 Å². The molecule has 1 N–H and O–H groups in total. The van der Waals surface area contributed by atoms with Gasteiger partial charge in [-0.1, -0.05) is 18.2 Å². The van der Waals surface area contributed by atoms with E-state index in [0.29, 0.717) is 6.61 Å². The minimum Gasteiger partial charge on any atom is -0.378 e. The number of benzene rings is 1. The topological polar surface area (TPSA) is 67.9 Å². The summed E-state index contributed by atoms with van der Waals surface area (Å²) in [7, 11) is 0. The molecule has 0 aliphatic carbocycles. The summed E-state index contributed by atoms with van der Waals surface area (Å²) < 4.78 is 10.4. The molecule has 2 rings (SSSR count). The molecule has 1 aromatic carbocycles. The van der Waals surface area contributed by atoms with Crippen molar-refractivity contribution in [2.45, 2.75) is 19.4 Å². The van der Waals surface area contributed by atoms with Gasteiger partial charge in [0.1, 0.15) is 11.9 Å². The second-order valence-corrected chi connectivity index (χ2v) is 4.92. The van der Waals surface area contributed by atoms with Crippen LogP contribution in [0.4, 0.5) is 5.69 Å². The van der Waals surface area contributed by atoms with Crippen molar-refractivity contribution in [3.05, 3.63) is 30.3 Å². The predicted octanol–water partition coefficient (Wildman–Crippen LogP) is 1.64. The largest absolute Gasteiger partial charge is 0.378 e. The van der Waals surface area contributed by atoms with Crippen LogP contribution in [-0.2, 0) is 19.1 Å². The van der Waals surface area contributed by atoms with Crippen molar-refractivity contribution >= 4 is 17.4 Å². The molecule has 5 nitrogen and oxygen atoms in total. The maximum absolute atomic E-state index is 11.9. The Morgan fingerprint density at radius 1 is 1.40 bits per heavy atom. The Morgan fingerprint density at radius 2 is 2.10 bits per heavy atom. The average Bonchev–Trinajstić information content (AvgIpc) is 3.22. The van der Waals surface area contributed by atoms with E-state index < -0.39 is 5.92 Å². The molecular formula is C15H19NO4. The predicted molar refractivity (Wildman–Crippen MR) is 74.4 cm³/mol. The van der Waals surface area contributed by atoms with E-state index in [4.69, 9.17) is 9.47 Å². The number of hydrogen-bond acceptors (Lipinski definition) is 4. The molecule has 0 aromatic heterocycles. The summed E-state index contributed by atoms with van der Waals surface area (Å²) in [5.41, 5.74) is 0.729. The highest BCUT2D eigenvalue weighted by Crippen LogP contribution is 2.13. The van der Waals surface area contributed by atoms with Crippen LogP contribution < -0.4 is 5.32 Å². The van der Waals surface area contributed by atoms with Crippen molar-refractivity contribution in [1.82, 2.24) is 0 Å². The van der Waals surface area contributed by atoms with Crippen LogP contribution in [0.15, 0.2) is 30.3 Å². The van der Waals surface area contributed by atoms with Crippen LogP contribution in [0.2, 0.25) is 0 Å². The van der Waals surface area contributed by atoms with Crippen molar-refractivity contribution in [2.24, 2.45) is 5.92 Å². The third kappa shape index (κ3) is 5.11. The molecule has 0 radical (unpaired) electrons. The fourth-order valence-corrected chi connectivity index (χ4v) is 1.78. The molecule has 1 aromatic rings. The highest BCUT2D eigenvalue weighted by atomic mass is 16.6.